The van der Waals surface area contributed by atoms with Crippen LogP contribution in [0.25, 0.3) is 0 Å². The molecule has 2 N–H and O–H groups in total. The first-order valence-electron chi connectivity index (χ1n) is 5.68. The third-order valence-corrected chi connectivity index (χ3v) is 2.95. The quantitative estimate of drug-likeness (QED) is 0.666. The number of Topliss-reactive ketones (excluding diaryl/α,β-unsaturated/α-hetero) is 1. The second-order valence-corrected chi connectivity index (χ2v) is 4.41. The lowest BCUT2D eigenvalue weighted by atomic mass is 10.1. The van der Waals surface area contributed by atoms with Crippen molar-refractivity contribution in [3.8, 4) is 0 Å². The lowest BCUT2D eigenvalue weighted by molar-refractivity contribution is 0.101. The van der Waals surface area contributed by atoms with E-state index < -0.39 is 0 Å². The number of pyridine rings is 1. The van der Waals surface area contributed by atoms with E-state index in [0.717, 1.165) is 0 Å². The molecule has 4 nitrogen and oxygen atoms in total. The van der Waals surface area contributed by atoms with Gasteiger partial charge in [-0.25, -0.2) is 0 Å². The molecule has 96 valence electrons. The van der Waals surface area contributed by atoms with Crippen LogP contribution in [0.2, 0.25) is 0 Å². The molecular formula is C14H12N2O2S. The van der Waals surface area contributed by atoms with Crippen LogP contribution in [-0.2, 0) is 0 Å². The molecule has 0 saturated carbocycles. The second kappa shape index (κ2) is 5.58. The molecule has 0 radical (unpaired) electrons. The van der Waals surface area contributed by atoms with E-state index in [0.29, 0.717) is 21.5 Å². The van der Waals surface area contributed by atoms with Gasteiger partial charge in [-0.1, -0.05) is 12.2 Å². The number of H-pyrrole nitrogens is 1. The van der Waals surface area contributed by atoms with Crippen molar-refractivity contribution in [2.75, 3.05) is 5.32 Å². The molecule has 0 unspecified atom stereocenters. The minimum absolute atomic E-state index is 0.0108. The van der Waals surface area contributed by atoms with Crippen LogP contribution in [0.5, 0.6) is 0 Å². The number of aromatic nitrogens is 1. The van der Waals surface area contributed by atoms with Gasteiger partial charge in [0.15, 0.2) is 5.78 Å². The van der Waals surface area contributed by atoms with Crippen LogP contribution in [-0.4, -0.2) is 16.7 Å². The zero-order valence-electron chi connectivity index (χ0n) is 10.3. The van der Waals surface area contributed by atoms with E-state index in [1.54, 1.807) is 42.6 Å². The Morgan fingerprint density at radius 3 is 2.42 bits per heavy atom. The van der Waals surface area contributed by atoms with Gasteiger partial charge in [-0.15, -0.1) is 0 Å². The van der Waals surface area contributed by atoms with Crippen molar-refractivity contribution in [2.24, 2.45) is 0 Å². The van der Waals surface area contributed by atoms with Crippen molar-refractivity contribution < 1.29 is 9.59 Å². The predicted molar refractivity (Wildman–Crippen MR) is 76.0 cm³/mol. The first-order valence-corrected chi connectivity index (χ1v) is 6.09. The van der Waals surface area contributed by atoms with Gasteiger partial charge in [0.1, 0.15) is 4.64 Å². The number of nitrogens with one attached hydrogen (secondary N) is 2. The van der Waals surface area contributed by atoms with Gasteiger partial charge in [0.2, 0.25) is 0 Å². The number of carbonyl (C=O) groups is 2. The fraction of sp³-hybridized carbons (Fsp3) is 0.0714. The van der Waals surface area contributed by atoms with Crippen LogP contribution in [0, 0.1) is 4.64 Å². The van der Waals surface area contributed by atoms with E-state index in [2.05, 4.69) is 10.3 Å². The number of carbonyl (C=O) groups excluding carboxylic acids is 2. The van der Waals surface area contributed by atoms with E-state index in [1.807, 2.05) is 0 Å². The van der Waals surface area contributed by atoms with E-state index in [1.165, 1.54) is 6.92 Å². The van der Waals surface area contributed by atoms with Crippen molar-refractivity contribution in [3.63, 3.8) is 0 Å². The molecule has 19 heavy (non-hydrogen) atoms. The van der Waals surface area contributed by atoms with Gasteiger partial charge in [0, 0.05) is 17.4 Å². The second-order valence-electron chi connectivity index (χ2n) is 4.00. The van der Waals surface area contributed by atoms with Crippen molar-refractivity contribution in [1.29, 1.82) is 0 Å². The average Bonchev–Trinajstić information content (AvgIpc) is 2.39. The number of ketones is 1. The maximum atomic E-state index is 12.0. The van der Waals surface area contributed by atoms with Crippen LogP contribution in [0.15, 0.2) is 42.6 Å². The van der Waals surface area contributed by atoms with Gasteiger partial charge >= 0.3 is 0 Å². The predicted octanol–water partition coefficient (Wildman–Crippen LogP) is 3.20. The van der Waals surface area contributed by atoms with Crippen LogP contribution >= 0.6 is 12.2 Å². The minimum atomic E-state index is -0.280. The summed E-state index contributed by atoms with van der Waals surface area (Å²) in [5.41, 5.74) is 1.64. The molecular weight excluding hydrogens is 260 g/mol. The Balaban J connectivity index is 2.18. The average molecular weight is 272 g/mol. The van der Waals surface area contributed by atoms with Crippen LogP contribution < -0.4 is 5.32 Å². The van der Waals surface area contributed by atoms with Crippen LogP contribution in [0.3, 0.4) is 0 Å². The Hall–Kier alpha value is -2.27. The molecule has 0 fully saturated rings. The summed E-state index contributed by atoms with van der Waals surface area (Å²) in [4.78, 5) is 25.9. The molecule has 1 amide bonds. The number of anilines is 1. The highest BCUT2D eigenvalue weighted by atomic mass is 32.1. The third kappa shape index (κ3) is 3.14. The molecule has 2 rings (SSSR count). The first kappa shape index (κ1) is 13.2. The van der Waals surface area contributed by atoms with E-state index in [4.69, 9.17) is 12.2 Å². The fourth-order valence-electron chi connectivity index (χ4n) is 1.59. The van der Waals surface area contributed by atoms with Crippen molar-refractivity contribution in [3.05, 3.63) is 58.4 Å². The molecule has 0 atom stereocenters. The monoisotopic (exact) mass is 272 g/mol. The highest BCUT2D eigenvalue weighted by molar-refractivity contribution is 7.71. The normalized spacial score (nSPS) is 9.95. The number of amides is 1. The summed E-state index contributed by atoms with van der Waals surface area (Å²) in [7, 11) is 0. The van der Waals surface area contributed by atoms with Crippen molar-refractivity contribution in [2.45, 2.75) is 6.92 Å². The summed E-state index contributed by atoms with van der Waals surface area (Å²) >= 11 is 5.04. The Bertz CT molecular complexity index is 674. The summed E-state index contributed by atoms with van der Waals surface area (Å²) in [6, 6.07) is 10.1. The largest absolute Gasteiger partial charge is 0.352 e. The Kier molecular flexibility index (Phi) is 3.87. The summed E-state index contributed by atoms with van der Waals surface area (Å²) in [6.07, 6.45) is 1.67. The molecule has 0 saturated heterocycles. The van der Waals surface area contributed by atoms with Crippen LogP contribution in [0.4, 0.5) is 5.69 Å². The lowest BCUT2D eigenvalue weighted by Gasteiger charge is -2.05. The van der Waals surface area contributed by atoms with E-state index in [9.17, 15) is 9.59 Å². The number of aromatic amines is 1. The molecule has 5 heteroatoms. The number of hydrogen-bond acceptors (Lipinski definition) is 3. The summed E-state index contributed by atoms with van der Waals surface area (Å²) in [6.45, 7) is 1.50. The van der Waals surface area contributed by atoms with Gasteiger partial charge in [0.25, 0.3) is 5.91 Å². The number of rotatable bonds is 3. The minimum Gasteiger partial charge on any atom is -0.352 e. The highest BCUT2D eigenvalue weighted by Gasteiger charge is 2.08. The standard InChI is InChI=1S/C14H12N2O2S/c1-9(17)10-4-6-11(7-5-10)16-13(18)12-3-2-8-15-14(12)19/h2-8H,1H3,(H,15,19)(H,16,18). The summed E-state index contributed by atoms with van der Waals surface area (Å²) in [5.74, 6) is -0.291. The number of hydrogen-bond donors (Lipinski definition) is 2. The zero-order valence-corrected chi connectivity index (χ0v) is 11.1. The van der Waals surface area contributed by atoms with Gasteiger partial charge in [0.05, 0.1) is 5.56 Å². The van der Waals surface area contributed by atoms with Gasteiger partial charge < -0.3 is 10.3 Å². The molecule has 1 aromatic carbocycles. The molecule has 1 heterocycles. The lowest BCUT2D eigenvalue weighted by Crippen LogP contribution is -2.12. The zero-order chi connectivity index (χ0) is 13.8. The van der Waals surface area contributed by atoms with E-state index >= 15 is 0 Å². The Morgan fingerprint density at radius 2 is 1.84 bits per heavy atom. The van der Waals surface area contributed by atoms with Crippen LogP contribution in [0.1, 0.15) is 27.6 Å². The maximum Gasteiger partial charge on any atom is 0.258 e. The van der Waals surface area contributed by atoms with Crippen molar-refractivity contribution in [1.82, 2.24) is 4.98 Å². The maximum absolute atomic E-state index is 12.0. The fourth-order valence-corrected chi connectivity index (χ4v) is 1.82. The summed E-state index contributed by atoms with van der Waals surface area (Å²) in [5, 5.41) is 2.73. The molecule has 0 bridgehead atoms. The highest BCUT2D eigenvalue weighted by Crippen LogP contribution is 2.12. The van der Waals surface area contributed by atoms with Gasteiger partial charge in [-0.05, 0) is 43.3 Å². The summed E-state index contributed by atoms with van der Waals surface area (Å²) < 4.78 is 0.389. The Labute approximate surface area is 115 Å². The smallest absolute Gasteiger partial charge is 0.258 e. The Morgan fingerprint density at radius 1 is 1.16 bits per heavy atom. The van der Waals surface area contributed by atoms with Gasteiger partial charge in [-0.2, -0.15) is 0 Å². The first-order chi connectivity index (χ1) is 9.08. The topological polar surface area (TPSA) is 62.0 Å². The molecule has 1 aromatic heterocycles. The molecule has 0 spiro atoms. The SMILES string of the molecule is CC(=O)c1ccc(NC(=O)c2ccc[nH]c2=S)cc1. The molecule has 0 aliphatic rings. The number of benzene rings is 1. The van der Waals surface area contributed by atoms with Crippen molar-refractivity contribution >= 4 is 29.6 Å². The molecule has 0 aliphatic heterocycles. The molecule has 2 aromatic rings. The molecule has 0 aliphatic carbocycles. The van der Waals surface area contributed by atoms with Gasteiger partial charge in [-0.3, -0.25) is 9.59 Å². The third-order valence-electron chi connectivity index (χ3n) is 2.61. The van der Waals surface area contributed by atoms with E-state index in [-0.39, 0.29) is 11.7 Å².